The lowest BCUT2D eigenvalue weighted by molar-refractivity contribution is -0.184. The van der Waals surface area contributed by atoms with Crippen LogP contribution in [0.3, 0.4) is 0 Å². The Hall–Kier alpha value is -3.65. The third-order valence-electron chi connectivity index (χ3n) is 8.71. The molecule has 0 bridgehead atoms. The number of aromatic hydroxyl groups is 1. The number of carbonyl (C=O) groups is 5. The van der Waals surface area contributed by atoms with Crippen molar-refractivity contribution in [1.29, 1.82) is 0 Å². The van der Waals surface area contributed by atoms with Gasteiger partial charge >= 0.3 is 0 Å². The van der Waals surface area contributed by atoms with Gasteiger partial charge in [0.25, 0.3) is 11.7 Å². The summed E-state index contributed by atoms with van der Waals surface area (Å²) in [5, 5.41) is 44.5. The summed E-state index contributed by atoms with van der Waals surface area (Å²) >= 11 is 0. The fourth-order valence-electron chi connectivity index (χ4n) is 6.84. The SMILES string of the molecule is CN(C)C1C(O)C(C(N)=O)C(=O)[C@@]2(O)C(=O)C3=C(O)c4c(O)ccc(C(=O)C(=O)N5CCOCC5)c4C[C@H]3C[C@@H]12. The molecule has 214 valence electrons. The highest BCUT2D eigenvalue weighted by molar-refractivity contribution is 6.43. The van der Waals surface area contributed by atoms with Crippen LogP contribution in [-0.4, -0.2) is 118 Å². The fraction of sp³-hybridized carbons (Fsp3) is 0.519. The molecule has 3 fully saturated rings. The van der Waals surface area contributed by atoms with Crippen LogP contribution in [0.2, 0.25) is 0 Å². The zero-order valence-corrected chi connectivity index (χ0v) is 22.0. The molecule has 6 atom stereocenters. The number of hydrogen-bond donors (Lipinski definition) is 5. The first-order valence-electron chi connectivity index (χ1n) is 13.0. The number of Topliss-reactive ketones (excluding diaryl/α,β-unsaturated/α-hetero) is 3. The largest absolute Gasteiger partial charge is 0.507 e. The molecule has 3 aliphatic carbocycles. The number of likely N-dealkylation sites (N-methyl/N-ethyl adjacent to an activating group) is 1. The van der Waals surface area contributed by atoms with E-state index in [1.54, 1.807) is 14.1 Å². The molecule has 1 heterocycles. The molecular weight excluding hydrogens is 526 g/mol. The number of amides is 2. The zero-order valence-electron chi connectivity index (χ0n) is 22.0. The van der Waals surface area contributed by atoms with Crippen molar-refractivity contribution in [2.45, 2.75) is 30.6 Å². The number of phenols is 1. The monoisotopic (exact) mass is 557 g/mol. The van der Waals surface area contributed by atoms with Gasteiger partial charge in [-0.15, -0.1) is 0 Å². The summed E-state index contributed by atoms with van der Waals surface area (Å²) in [5.74, 6) is -10.3. The van der Waals surface area contributed by atoms with Crippen LogP contribution in [0.4, 0.5) is 0 Å². The van der Waals surface area contributed by atoms with Crippen molar-refractivity contribution in [2.75, 3.05) is 40.4 Å². The molecule has 0 radical (unpaired) electrons. The summed E-state index contributed by atoms with van der Waals surface area (Å²) in [5.41, 5.74) is 2.11. The third-order valence-corrected chi connectivity index (χ3v) is 8.71. The molecule has 6 N–H and O–H groups in total. The Labute approximate surface area is 228 Å². The van der Waals surface area contributed by atoms with Crippen LogP contribution in [0.15, 0.2) is 17.7 Å². The van der Waals surface area contributed by atoms with Gasteiger partial charge in [0.2, 0.25) is 11.7 Å². The molecule has 3 unspecified atom stereocenters. The molecule has 40 heavy (non-hydrogen) atoms. The van der Waals surface area contributed by atoms with Gasteiger partial charge < -0.3 is 40.7 Å². The molecule has 1 aromatic rings. The summed E-state index contributed by atoms with van der Waals surface area (Å²) in [6.45, 7) is 1.02. The van der Waals surface area contributed by atoms with Crippen LogP contribution in [0.5, 0.6) is 5.75 Å². The number of nitrogens with zero attached hydrogens (tertiary/aromatic N) is 2. The molecule has 1 saturated heterocycles. The Balaban J connectivity index is 1.62. The first-order chi connectivity index (χ1) is 18.8. The minimum atomic E-state index is -2.78. The first kappa shape index (κ1) is 27.9. The van der Waals surface area contributed by atoms with Crippen molar-refractivity contribution < 1.29 is 49.1 Å². The highest BCUT2D eigenvalue weighted by Gasteiger charge is 2.67. The second kappa shape index (κ2) is 9.77. The van der Waals surface area contributed by atoms with Crippen LogP contribution >= 0.6 is 0 Å². The summed E-state index contributed by atoms with van der Waals surface area (Å²) in [4.78, 5) is 68.5. The van der Waals surface area contributed by atoms with Crippen molar-refractivity contribution in [3.05, 3.63) is 34.4 Å². The Morgan fingerprint density at radius 2 is 1.77 bits per heavy atom. The molecule has 13 nitrogen and oxygen atoms in total. The minimum absolute atomic E-state index is 0.0547. The number of fused-ring (bicyclic) bond motifs is 3. The van der Waals surface area contributed by atoms with Gasteiger partial charge in [0.15, 0.2) is 11.4 Å². The number of hydrogen-bond acceptors (Lipinski definition) is 11. The van der Waals surface area contributed by atoms with Crippen LogP contribution in [-0.2, 0) is 30.3 Å². The first-order valence-corrected chi connectivity index (χ1v) is 13.0. The maximum atomic E-state index is 13.9. The van der Waals surface area contributed by atoms with Gasteiger partial charge in [-0.25, -0.2) is 0 Å². The smallest absolute Gasteiger partial charge is 0.295 e. The van der Waals surface area contributed by atoms with E-state index in [0.717, 1.165) is 6.07 Å². The van der Waals surface area contributed by atoms with Gasteiger partial charge in [-0.1, -0.05) is 0 Å². The van der Waals surface area contributed by atoms with Gasteiger partial charge in [0, 0.05) is 36.2 Å². The summed E-state index contributed by atoms with van der Waals surface area (Å²) in [6, 6.07) is 1.36. The number of benzene rings is 1. The lowest BCUT2D eigenvalue weighted by atomic mass is 9.54. The van der Waals surface area contributed by atoms with E-state index in [-0.39, 0.29) is 61.4 Å². The Morgan fingerprint density at radius 3 is 2.38 bits per heavy atom. The minimum Gasteiger partial charge on any atom is -0.507 e. The van der Waals surface area contributed by atoms with Crippen molar-refractivity contribution in [1.82, 2.24) is 9.80 Å². The second-order valence-electron chi connectivity index (χ2n) is 11.0. The van der Waals surface area contributed by atoms with Crippen molar-refractivity contribution in [2.24, 2.45) is 23.5 Å². The Kier molecular flexibility index (Phi) is 6.81. The maximum Gasteiger partial charge on any atom is 0.295 e. The number of carbonyl (C=O) groups excluding carboxylic acids is 5. The predicted molar refractivity (Wildman–Crippen MR) is 136 cm³/mol. The number of aliphatic hydroxyl groups is 3. The molecule has 0 aromatic heterocycles. The molecule has 0 spiro atoms. The zero-order chi connectivity index (χ0) is 29.3. The number of aliphatic hydroxyl groups excluding tert-OH is 2. The van der Waals surface area contributed by atoms with E-state index in [0.29, 0.717) is 0 Å². The molecule has 1 aromatic carbocycles. The standard InChI is InChI=1S/C27H31N3O10/c1-29(2)19-14-10-11-9-13-12(20(32)26(38)30-5-7-40-8-6-30)3-4-15(31)17(13)21(33)16(11)23(35)27(14,39)24(36)18(22(19)34)25(28)37/h3-4,11,14,18-19,22,31,33-34,39H,5-10H2,1-2H3,(H2,28,37)/t11-,14-,18?,19?,22?,27-/m0/s1. The van der Waals surface area contributed by atoms with Crippen LogP contribution < -0.4 is 5.73 Å². The maximum absolute atomic E-state index is 13.9. The summed E-state index contributed by atoms with van der Waals surface area (Å²) in [6.07, 6.45) is -1.79. The van der Waals surface area contributed by atoms with Gasteiger partial charge in [0.05, 0.1) is 24.9 Å². The summed E-state index contributed by atoms with van der Waals surface area (Å²) in [7, 11) is 3.11. The van der Waals surface area contributed by atoms with Gasteiger partial charge in [0.1, 0.15) is 17.4 Å². The highest BCUT2D eigenvalue weighted by atomic mass is 16.5. The quantitative estimate of drug-likeness (QED) is 0.158. The van der Waals surface area contributed by atoms with E-state index in [9.17, 15) is 44.4 Å². The van der Waals surface area contributed by atoms with E-state index in [4.69, 9.17) is 10.5 Å². The Morgan fingerprint density at radius 1 is 1.12 bits per heavy atom. The van der Waals surface area contributed by atoms with E-state index in [1.807, 2.05) is 0 Å². The van der Waals surface area contributed by atoms with Crippen molar-refractivity contribution in [3.8, 4) is 5.75 Å². The molecule has 2 saturated carbocycles. The fourth-order valence-corrected chi connectivity index (χ4v) is 6.84. The molecule has 5 rings (SSSR count). The summed E-state index contributed by atoms with van der Waals surface area (Å²) < 4.78 is 5.24. The molecule has 4 aliphatic rings. The lowest BCUT2D eigenvalue weighted by Crippen LogP contribution is -2.73. The van der Waals surface area contributed by atoms with Crippen LogP contribution in [0.25, 0.3) is 5.76 Å². The molecule has 13 heteroatoms. The molecule has 1 aliphatic heterocycles. The highest BCUT2D eigenvalue weighted by Crippen LogP contribution is 2.52. The van der Waals surface area contributed by atoms with E-state index < -0.39 is 76.2 Å². The van der Waals surface area contributed by atoms with Crippen LogP contribution in [0.1, 0.15) is 27.9 Å². The number of rotatable bonds is 4. The van der Waals surface area contributed by atoms with Crippen molar-refractivity contribution in [3.63, 3.8) is 0 Å². The molecule has 2 amide bonds. The lowest BCUT2D eigenvalue weighted by Gasteiger charge is -2.53. The normalized spacial score (nSPS) is 31.9. The second-order valence-corrected chi connectivity index (χ2v) is 11.0. The number of nitrogens with two attached hydrogens (primary N) is 1. The van der Waals surface area contributed by atoms with E-state index in [1.165, 1.54) is 15.9 Å². The average molecular weight is 558 g/mol. The Bertz CT molecular complexity index is 1360. The van der Waals surface area contributed by atoms with Gasteiger partial charge in [-0.05, 0) is 50.6 Å². The number of morpholine rings is 1. The van der Waals surface area contributed by atoms with Crippen molar-refractivity contribution >= 4 is 34.9 Å². The third kappa shape index (κ3) is 3.87. The topological polar surface area (TPSA) is 208 Å². The molecular formula is C27H31N3O10. The van der Waals surface area contributed by atoms with E-state index >= 15 is 0 Å². The number of ketones is 3. The predicted octanol–water partition coefficient (Wildman–Crippen LogP) is -1.83. The van der Waals surface area contributed by atoms with Gasteiger partial charge in [-0.3, -0.25) is 24.0 Å². The number of primary amides is 1. The number of ether oxygens (including phenoxy) is 1. The number of phenolic OH excluding ortho intramolecular Hbond substituents is 1. The van der Waals surface area contributed by atoms with Gasteiger partial charge in [-0.2, -0.15) is 0 Å². The average Bonchev–Trinajstić information content (AvgIpc) is 2.90. The van der Waals surface area contributed by atoms with E-state index in [2.05, 4.69) is 0 Å². The van der Waals surface area contributed by atoms with Crippen LogP contribution in [0, 0.1) is 17.8 Å².